The lowest BCUT2D eigenvalue weighted by molar-refractivity contribution is -0.121. The summed E-state index contributed by atoms with van der Waals surface area (Å²) in [5.74, 6) is -0.180. The van der Waals surface area contributed by atoms with Gasteiger partial charge in [-0.3, -0.25) is 14.3 Å². The molecule has 1 aliphatic carbocycles. The summed E-state index contributed by atoms with van der Waals surface area (Å²) in [5.41, 5.74) is 3.53. The Morgan fingerprint density at radius 1 is 1.17 bits per heavy atom. The Labute approximate surface area is 173 Å². The average molecular weight is 409 g/mol. The van der Waals surface area contributed by atoms with Gasteiger partial charge >= 0.3 is 0 Å². The first-order valence-corrected chi connectivity index (χ1v) is 10.8. The third-order valence-corrected chi connectivity index (χ3v) is 6.02. The first-order chi connectivity index (χ1) is 14.2. The summed E-state index contributed by atoms with van der Waals surface area (Å²) in [6.45, 7) is 1.07. The van der Waals surface area contributed by atoms with E-state index in [1.54, 1.807) is 6.07 Å². The molecule has 2 N–H and O–H groups in total. The van der Waals surface area contributed by atoms with E-state index in [-0.39, 0.29) is 24.3 Å². The normalized spacial score (nSPS) is 15.5. The van der Waals surface area contributed by atoms with Crippen LogP contribution in [-0.4, -0.2) is 28.1 Å². The zero-order valence-electron chi connectivity index (χ0n) is 16.1. The van der Waals surface area contributed by atoms with Crippen molar-refractivity contribution in [1.82, 2.24) is 20.4 Å². The second-order valence-corrected chi connectivity index (χ2v) is 8.13. The van der Waals surface area contributed by atoms with Gasteiger partial charge in [-0.15, -0.1) is 11.3 Å². The van der Waals surface area contributed by atoms with Crippen LogP contribution < -0.4 is 10.6 Å². The predicted molar refractivity (Wildman–Crippen MR) is 113 cm³/mol. The minimum Gasteiger partial charge on any atom is -0.351 e. The number of carbonyl (C=O) groups is 2. The molecule has 1 aliphatic rings. The van der Waals surface area contributed by atoms with Crippen molar-refractivity contribution in [3.8, 4) is 0 Å². The van der Waals surface area contributed by atoms with Gasteiger partial charge in [0, 0.05) is 24.2 Å². The largest absolute Gasteiger partial charge is 0.351 e. The lowest BCUT2D eigenvalue weighted by Crippen LogP contribution is -2.34. The van der Waals surface area contributed by atoms with Crippen molar-refractivity contribution in [2.24, 2.45) is 0 Å². The fourth-order valence-electron chi connectivity index (χ4n) is 3.71. The predicted octanol–water partition coefficient (Wildman–Crippen LogP) is 3.31. The number of fused-ring (bicyclic) bond motifs is 1. The van der Waals surface area contributed by atoms with Gasteiger partial charge in [-0.05, 0) is 36.3 Å². The molecule has 2 heterocycles. The van der Waals surface area contributed by atoms with Gasteiger partial charge in [-0.25, -0.2) is 0 Å². The third-order valence-electron chi connectivity index (χ3n) is 5.16. The van der Waals surface area contributed by atoms with Crippen LogP contribution >= 0.6 is 11.3 Å². The fraction of sp³-hybridized carbons (Fsp3) is 0.318. The van der Waals surface area contributed by atoms with Crippen LogP contribution in [0, 0.1) is 0 Å². The molecule has 0 saturated carbocycles. The van der Waals surface area contributed by atoms with Gasteiger partial charge in [0.2, 0.25) is 5.91 Å². The number of amides is 2. The Morgan fingerprint density at radius 3 is 2.83 bits per heavy atom. The third kappa shape index (κ3) is 4.74. The number of benzene rings is 1. The summed E-state index contributed by atoms with van der Waals surface area (Å²) in [6.07, 6.45) is 5.07. The fourth-order valence-corrected chi connectivity index (χ4v) is 4.35. The number of nitrogens with one attached hydrogen (secondary N) is 2. The Balaban J connectivity index is 1.32. The summed E-state index contributed by atoms with van der Waals surface area (Å²) in [6, 6.07) is 13.9. The van der Waals surface area contributed by atoms with Crippen LogP contribution in [0.1, 0.15) is 51.8 Å². The monoisotopic (exact) mass is 408 g/mol. The van der Waals surface area contributed by atoms with Crippen molar-refractivity contribution in [2.75, 3.05) is 6.54 Å². The van der Waals surface area contributed by atoms with Crippen LogP contribution in [0.3, 0.4) is 0 Å². The molecule has 0 radical (unpaired) electrons. The van der Waals surface area contributed by atoms with Crippen LogP contribution in [0.15, 0.2) is 54.0 Å². The zero-order chi connectivity index (χ0) is 20.1. The first-order valence-electron chi connectivity index (χ1n) is 9.90. The van der Waals surface area contributed by atoms with Gasteiger partial charge in [-0.2, -0.15) is 5.10 Å². The molecular formula is C22H24N4O2S. The summed E-state index contributed by atoms with van der Waals surface area (Å²) in [7, 11) is 0. The first kappa shape index (κ1) is 19.4. The van der Waals surface area contributed by atoms with Crippen LogP contribution in [0.2, 0.25) is 0 Å². The molecule has 1 atom stereocenters. The maximum absolute atomic E-state index is 12.4. The van der Waals surface area contributed by atoms with Gasteiger partial charge in [-0.1, -0.05) is 36.4 Å². The topological polar surface area (TPSA) is 76.0 Å². The molecule has 7 heteroatoms. The van der Waals surface area contributed by atoms with Crippen LogP contribution in [0.5, 0.6) is 0 Å². The van der Waals surface area contributed by atoms with E-state index in [0.29, 0.717) is 11.4 Å². The summed E-state index contributed by atoms with van der Waals surface area (Å²) >= 11 is 1.39. The SMILES string of the molecule is O=C(CCNC(=O)c1cccs1)NC1CCCc2c1cnn2Cc1ccccc1. The van der Waals surface area contributed by atoms with Crippen molar-refractivity contribution < 1.29 is 9.59 Å². The van der Waals surface area contributed by atoms with Crippen LogP contribution in [0.4, 0.5) is 0 Å². The molecule has 3 aromatic rings. The molecule has 0 aliphatic heterocycles. The zero-order valence-corrected chi connectivity index (χ0v) is 17.0. The van der Waals surface area contributed by atoms with Crippen molar-refractivity contribution in [2.45, 2.75) is 38.3 Å². The highest BCUT2D eigenvalue weighted by Gasteiger charge is 2.25. The molecule has 1 aromatic carbocycles. The molecule has 0 saturated heterocycles. The molecule has 0 spiro atoms. The Hall–Kier alpha value is -2.93. The van der Waals surface area contributed by atoms with Gasteiger partial charge < -0.3 is 10.6 Å². The number of thiophene rings is 1. The number of aromatic nitrogens is 2. The van der Waals surface area contributed by atoms with E-state index >= 15 is 0 Å². The minimum absolute atomic E-state index is 0.0104. The van der Waals surface area contributed by atoms with Gasteiger partial charge in [0.1, 0.15) is 0 Å². The maximum atomic E-state index is 12.4. The standard InChI is InChI=1S/C22H24N4O2S/c27-21(11-12-23-22(28)20-10-5-13-29-20)25-18-8-4-9-19-17(18)14-24-26(19)15-16-6-2-1-3-7-16/h1-3,5-7,10,13-14,18H,4,8-9,11-12,15H2,(H,23,28)(H,25,27). The lowest BCUT2D eigenvalue weighted by atomic mass is 9.92. The van der Waals surface area contributed by atoms with E-state index in [9.17, 15) is 9.59 Å². The lowest BCUT2D eigenvalue weighted by Gasteiger charge is -2.24. The van der Waals surface area contributed by atoms with E-state index in [0.717, 1.165) is 31.4 Å². The van der Waals surface area contributed by atoms with E-state index < -0.39 is 0 Å². The molecule has 29 heavy (non-hydrogen) atoms. The second-order valence-electron chi connectivity index (χ2n) is 7.19. The molecule has 6 nitrogen and oxygen atoms in total. The summed E-state index contributed by atoms with van der Waals surface area (Å²) in [4.78, 5) is 25.0. The Kier molecular flexibility index (Phi) is 6.05. The number of hydrogen-bond donors (Lipinski definition) is 2. The number of nitrogens with zero attached hydrogens (tertiary/aromatic N) is 2. The highest BCUT2D eigenvalue weighted by Crippen LogP contribution is 2.30. The van der Waals surface area contributed by atoms with Gasteiger partial charge in [0.15, 0.2) is 0 Å². The number of rotatable bonds is 7. The molecule has 1 unspecified atom stereocenters. The molecule has 2 amide bonds. The average Bonchev–Trinajstić information content (AvgIpc) is 3.40. The van der Waals surface area contributed by atoms with E-state index in [4.69, 9.17) is 0 Å². The maximum Gasteiger partial charge on any atom is 0.261 e. The molecule has 0 bridgehead atoms. The second kappa shape index (κ2) is 9.05. The van der Waals surface area contributed by atoms with Crippen LogP contribution in [-0.2, 0) is 17.8 Å². The highest BCUT2D eigenvalue weighted by atomic mass is 32.1. The van der Waals surface area contributed by atoms with Crippen molar-refractivity contribution in [3.63, 3.8) is 0 Å². The quantitative estimate of drug-likeness (QED) is 0.630. The molecule has 0 fully saturated rings. The number of carbonyl (C=O) groups excluding carboxylic acids is 2. The number of hydrogen-bond acceptors (Lipinski definition) is 4. The van der Waals surface area contributed by atoms with Gasteiger partial charge in [0.05, 0.1) is 23.7 Å². The highest BCUT2D eigenvalue weighted by molar-refractivity contribution is 7.12. The molecule has 150 valence electrons. The van der Waals surface area contributed by atoms with Crippen molar-refractivity contribution in [1.29, 1.82) is 0 Å². The van der Waals surface area contributed by atoms with E-state index in [1.807, 2.05) is 40.5 Å². The van der Waals surface area contributed by atoms with Crippen molar-refractivity contribution in [3.05, 3.63) is 75.7 Å². The Bertz CT molecular complexity index is 966. The summed E-state index contributed by atoms with van der Waals surface area (Å²) < 4.78 is 2.05. The molecule has 4 rings (SSSR count). The van der Waals surface area contributed by atoms with E-state index in [1.165, 1.54) is 22.6 Å². The van der Waals surface area contributed by atoms with Crippen molar-refractivity contribution >= 4 is 23.2 Å². The molecular weight excluding hydrogens is 384 g/mol. The smallest absolute Gasteiger partial charge is 0.261 e. The Morgan fingerprint density at radius 2 is 2.03 bits per heavy atom. The molecule has 2 aromatic heterocycles. The summed E-state index contributed by atoms with van der Waals surface area (Å²) in [5, 5.41) is 12.4. The van der Waals surface area contributed by atoms with Crippen LogP contribution in [0.25, 0.3) is 0 Å². The van der Waals surface area contributed by atoms with E-state index in [2.05, 4.69) is 27.9 Å². The minimum atomic E-state index is -0.130. The van der Waals surface area contributed by atoms with Gasteiger partial charge in [0.25, 0.3) is 5.91 Å².